The number of aromatic amines is 2. The minimum atomic E-state index is -0.174. The van der Waals surface area contributed by atoms with Gasteiger partial charge in [0.1, 0.15) is 0 Å². The van der Waals surface area contributed by atoms with Crippen molar-refractivity contribution in [2.45, 2.75) is 6.04 Å². The Bertz CT molecular complexity index is 806. The molecule has 3 N–H and O–H groups in total. The monoisotopic (exact) mass is 379 g/mol. The summed E-state index contributed by atoms with van der Waals surface area (Å²) in [6.45, 7) is 0. The highest BCUT2D eigenvalue weighted by molar-refractivity contribution is 14.1. The van der Waals surface area contributed by atoms with Gasteiger partial charge in [-0.1, -0.05) is 18.2 Å². The van der Waals surface area contributed by atoms with Crippen molar-refractivity contribution in [3.05, 3.63) is 67.6 Å². The lowest BCUT2D eigenvalue weighted by Gasteiger charge is -2.17. The molecule has 1 aromatic heterocycles. The normalized spacial score (nSPS) is 12.7. The molecule has 0 aliphatic rings. The summed E-state index contributed by atoms with van der Waals surface area (Å²) >= 11 is 2.31. The molecule has 0 amide bonds. The number of hydrogen-bond donors (Lipinski definition) is 3. The van der Waals surface area contributed by atoms with Gasteiger partial charge in [0.15, 0.2) is 0 Å². The molecule has 0 bridgehead atoms. The Hall–Kier alpha value is -1.60. The van der Waals surface area contributed by atoms with Crippen LogP contribution in [0.2, 0.25) is 0 Å². The Balaban J connectivity index is 2.08. The first-order valence-electron chi connectivity index (χ1n) is 6.32. The van der Waals surface area contributed by atoms with Gasteiger partial charge in [0, 0.05) is 3.57 Å². The summed E-state index contributed by atoms with van der Waals surface area (Å²) in [6.07, 6.45) is 0. The van der Waals surface area contributed by atoms with Crippen LogP contribution in [0.5, 0.6) is 0 Å². The Morgan fingerprint density at radius 3 is 2.55 bits per heavy atom. The van der Waals surface area contributed by atoms with E-state index in [0.717, 1.165) is 16.6 Å². The number of imidazole rings is 1. The van der Waals surface area contributed by atoms with Crippen LogP contribution >= 0.6 is 22.6 Å². The number of fused-ring (bicyclic) bond motifs is 1. The lowest BCUT2D eigenvalue weighted by atomic mass is 9.98. The number of H-pyrrole nitrogens is 2. The van der Waals surface area contributed by atoms with Gasteiger partial charge in [-0.25, -0.2) is 4.79 Å². The van der Waals surface area contributed by atoms with Crippen LogP contribution in [0.1, 0.15) is 17.2 Å². The van der Waals surface area contributed by atoms with Crippen molar-refractivity contribution in [1.29, 1.82) is 0 Å². The molecular weight excluding hydrogens is 365 g/mol. The summed E-state index contributed by atoms with van der Waals surface area (Å²) in [5, 5.41) is 3.33. The third kappa shape index (κ3) is 2.51. The fourth-order valence-corrected chi connectivity index (χ4v) is 3.01. The topological polar surface area (TPSA) is 60.7 Å². The number of nitrogens with one attached hydrogen (secondary N) is 3. The first-order chi connectivity index (χ1) is 9.67. The van der Waals surface area contributed by atoms with Gasteiger partial charge in [-0.15, -0.1) is 0 Å². The second-order valence-electron chi connectivity index (χ2n) is 4.66. The minimum absolute atomic E-state index is 0.104. The summed E-state index contributed by atoms with van der Waals surface area (Å²) in [4.78, 5) is 16.9. The minimum Gasteiger partial charge on any atom is -0.309 e. The van der Waals surface area contributed by atoms with Gasteiger partial charge in [0.05, 0.1) is 17.1 Å². The highest BCUT2D eigenvalue weighted by Crippen LogP contribution is 2.24. The number of hydrogen-bond acceptors (Lipinski definition) is 2. The molecule has 20 heavy (non-hydrogen) atoms. The quantitative estimate of drug-likeness (QED) is 0.613. The van der Waals surface area contributed by atoms with E-state index in [1.54, 1.807) is 0 Å². The second-order valence-corrected chi connectivity index (χ2v) is 5.91. The molecule has 102 valence electrons. The Morgan fingerprint density at radius 1 is 1.05 bits per heavy atom. The summed E-state index contributed by atoms with van der Waals surface area (Å²) in [6, 6.07) is 14.5. The standard InChI is InChI=1S/C15H14IN3O/c1-17-14(9-3-2-4-11(16)7-9)10-5-6-12-13(8-10)19-15(20)18-12/h2-8,14,17H,1H3,(H2,18,19,20). The van der Waals surface area contributed by atoms with Gasteiger partial charge in [-0.3, -0.25) is 0 Å². The highest BCUT2D eigenvalue weighted by Gasteiger charge is 2.13. The third-order valence-electron chi connectivity index (χ3n) is 3.34. The van der Waals surface area contributed by atoms with Crippen molar-refractivity contribution in [2.24, 2.45) is 0 Å². The molecule has 2 aromatic carbocycles. The largest absolute Gasteiger partial charge is 0.323 e. The first kappa shape index (κ1) is 13.4. The maximum Gasteiger partial charge on any atom is 0.323 e. The molecule has 3 aromatic rings. The van der Waals surface area contributed by atoms with E-state index in [1.165, 1.54) is 9.13 Å². The van der Waals surface area contributed by atoms with E-state index in [0.29, 0.717) is 0 Å². The summed E-state index contributed by atoms with van der Waals surface area (Å²) in [7, 11) is 1.94. The fraction of sp³-hybridized carbons (Fsp3) is 0.133. The van der Waals surface area contributed by atoms with Gasteiger partial charge < -0.3 is 15.3 Å². The maximum atomic E-state index is 11.3. The fourth-order valence-electron chi connectivity index (χ4n) is 2.44. The SMILES string of the molecule is CNC(c1cccc(I)c1)c1ccc2[nH]c(=O)[nH]c2c1. The zero-order chi connectivity index (χ0) is 14.1. The lowest BCUT2D eigenvalue weighted by Crippen LogP contribution is -2.17. The van der Waals surface area contributed by atoms with E-state index in [2.05, 4.69) is 62.1 Å². The molecule has 4 nitrogen and oxygen atoms in total. The molecule has 0 spiro atoms. The van der Waals surface area contributed by atoms with Gasteiger partial charge in [-0.2, -0.15) is 0 Å². The summed E-state index contributed by atoms with van der Waals surface area (Å²) in [5.74, 6) is 0. The van der Waals surface area contributed by atoms with Gasteiger partial charge in [0.25, 0.3) is 0 Å². The van der Waals surface area contributed by atoms with Crippen LogP contribution in [-0.2, 0) is 0 Å². The first-order valence-corrected chi connectivity index (χ1v) is 7.40. The zero-order valence-corrected chi connectivity index (χ0v) is 13.1. The Morgan fingerprint density at radius 2 is 1.80 bits per heavy atom. The number of halogens is 1. The van der Waals surface area contributed by atoms with Crippen LogP contribution in [0, 0.1) is 3.57 Å². The molecule has 1 atom stereocenters. The van der Waals surface area contributed by atoms with Crippen molar-refractivity contribution in [3.63, 3.8) is 0 Å². The van der Waals surface area contributed by atoms with E-state index >= 15 is 0 Å². The molecule has 0 saturated heterocycles. The number of rotatable bonds is 3. The molecule has 0 saturated carbocycles. The average molecular weight is 379 g/mol. The van der Waals surface area contributed by atoms with Crippen LogP contribution in [0.3, 0.4) is 0 Å². The van der Waals surface area contributed by atoms with E-state index in [4.69, 9.17) is 0 Å². The Labute approximate surface area is 129 Å². The van der Waals surface area contributed by atoms with Crippen LogP contribution in [-0.4, -0.2) is 17.0 Å². The van der Waals surface area contributed by atoms with Crippen LogP contribution in [0.4, 0.5) is 0 Å². The summed E-state index contributed by atoms with van der Waals surface area (Å²) < 4.78 is 1.21. The Kier molecular flexibility index (Phi) is 3.62. The predicted octanol–water partition coefficient (Wildman–Crippen LogP) is 2.77. The highest BCUT2D eigenvalue weighted by atomic mass is 127. The molecular formula is C15H14IN3O. The molecule has 0 aliphatic carbocycles. The van der Waals surface area contributed by atoms with Gasteiger partial charge >= 0.3 is 5.69 Å². The molecule has 1 heterocycles. The average Bonchev–Trinajstić information content (AvgIpc) is 2.79. The van der Waals surface area contributed by atoms with Crippen molar-refractivity contribution in [3.8, 4) is 0 Å². The van der Waals surface area contributed by atoms with Crippen molar-refractivity contribution < 1.29 is 0 Å². The smallest absolute Gasteiger partial charge is 0.309 e. The predicted molar refractivity (Wildman–Crippen MR) is 89.0 cm³/mol. The molecule has 3 rings (SSSR count). The molecule has 0 aliphatic heterocycles. The van der Waals surface area contributed by atoms with Gasteiger partial charge in [-0.05, 0) is 65.0 Å². The summed E-state index contributed by atoms with van der Waals surface area (Å²) in [5.41, 5.74) is 3.82. The van der Waals surface area contributed by atoms with E-state index in [-0.39, 0.29) is 11.7 Å². The van der Waals surface area contributed by atoms with E-state index in [9.17, 15) is 4.79 Å². The van der Waals surface area contributed by atoms with Crippen LogP contribution in [0.25, 0.3) is 11.0 Å². The third-order valence-corrected chi connectivity index (χ3v) is 4.02. The van der Waals surface area contributed by atoms with Crippen molar-refractivity contribution in [1.82, 2.24) is 15.3 Å². The van der Waals surface area contributed by atoms with Crippen LogP contribution < -0.4 is 11.0 Å². The zero-order valence-electron chi connectivity index (χ0n) is 10.9. The molecule has 1 unspecified atom stereocenters. The van der Waals surface area contributed by atoms with E-state index in [1.807, 2.05) is 25.2 Å². The van der Waals surface area contributed by atoms with Crippen molar-refractivity contribution in [2.75, 3.05) is 7.05 Å². The van der Waals surface area contributed by atoms with Crippen LogP contribution in [0.15, 0.2) is 47.3 Å². The second kappa shape index (κ2) is 5.41. The number of benzene rings is 2. The maximum absolute atomic E-state index is 11.3. The van der Waals surface area contributed by atoms with E-state index < -0.39 is 0 Å². The molecule has 0 radical (unpaired) electrons. The molecule has 0 fully saturated rings. The van der Waals surface area contributed by atoms with Gasteiger partial charge in [0.2, 0.25) is 0 Å². The molecule has 5 heteroatoms. The lowest BCUT2D eigenvalue weighted by molar-refractivity contribution is 0.692. The van der Waals surface area contributed by atoms with Crippen molar-refractivity contribution >= 4 is 33.6 Å². The number of aromatic nitrogens is 2.